The summed E-state index contributed by atoms with van der Waals surface area (Å²) in [5.74, 6) is -3.15. The Morgan fingerprint density at radius 3 is 2.33 bits per heavy atom. The van der Waals surface area contributed by atoms with Gasteiger partial charge in [0.2, 0.25) is 17.6 Å². The summed E-state index contributed by atoms with van der Waals surface area (Å²) in [5, 5.41) is 11.8. The minimum Gasteiger partial charge on any atom is -0.346 e. The molecule has 0 bridgehead atoms. The monoisotopic (exact) mass is 712 g/mol. The standard InChI is InChI=1S/C34H51F3N6O5S/c1-7-15-39-28(46)25(44)21(11-14-34(35,36)37)40-27(45)24-23-20(32(23,5)6)19-43(24)29(47)26(31(2,3)4)41-30(48)42-33(12-9-8-10-13-33)18-22-38-16-17-49-22/h7,20-21,23-24,26H,1,8-19H2,2-6H3,(H,39,46)(H,40,45)(H2,41,42,48)/t20-,21?,23-,24-,26+/m0/s1. The molecule has 0 spiro atoms. The maximum atomic E-state index is 14.4. The number of halogens is 3. The number of amides is 5. The van der Waals surface area contributed by atoms with Crippen LogP contribution in [0.4, 0.5) is 18.0 Å². The van der Waals surface area contributed by atoms with Crippen LogP contribution < -0.4 is 21.3 Å². The van der Waals surface area contributed by atoms with Gasteiger partial charge in [-0.25, -0.2) is 4.79 Å². The zero-order valence-corrected chi connectivity index (χ0v) is 30.0. The third kappa shape index (κ3) is 9.37. The van der Waals surface area contributed by atoms with Gasteiger partial charge in [0.15, 0.2) is 0 Å². The molecule has 15 heteroatoms. The average molecular weight is 713 g/mol. The second kappa shape index (κ2) is 15.0. The van der Waals surface area contributed by atoms with Gasteiger partial charge in [-0.05, 0) is 41.9 Å². The minimum atomic E-state index is -4.63. The summed E-state index contributed by atoms with van der Waals surface area (Å²) in [6.45, 7) is 13.6. The topological polar surface area (TPSA) is 149 Å². The molecule has 2 aliphatic carbocycles. The lowest BCUT2D eigenvalue weighted by Gasteiger charge is -2.41. The van der Waals surface area contributed by atoms with E-state index in [0.29, 0.717) is 6.42 Å². The summed E-state index contributed by atoms with van der Waals surface area (Å²) in [6.07, 6.45) is -0.346. The van der Waals surface area contributed by atoms with Crippen LogP contribution in [0.2, 0.25) is 0 Å². The number of nitrogens with one attached hydrogen (secondary N) is 4. The van der Waals surface area contributed by atoms with Crippen molar-refractivity contribution in [2.24, 2.45) is 27.7 Å². The van der Waals surface area contributed by atoms with E-state index < -0.39 is 77.6 Å². The molecule has 3 fully saturated rings. The summed E-state index contributed by atoms with van der Waals surface area (Å²) in [6, 6.07) is -4.41. The fourth-order valence-electron chi connectivity index (χ4n) is 7.63. The Morgan fingerprint density at radius 2 is 1.76 bits per heavy atom. The van der Waals surface area contributed by atoms with E-state index in [-0.39, 0.29) is 30.3 Å². The number of fused-ring (bicyclic) bond motifs is 1. The summed E-state index contributed by atoms with van der Waals surface area (Å²) < 4.78 is 39.6. The molecule has 274 valence electrons. The lowest BCUT2D eigenvalue weighted by molar-refractivity contribution is -0.148. The Morgan fingerprint density at radius 1 is 1.08 bits per heavy atom. The number of rotatable bonds is 13. The fourth-order valence-corrected chi connectivity index (χ4v) is 8.61. The van der Waals surface area contributed by atoms with Crippen molar-refractivity contribution in [2.45, 2.75) is 116 Å². The van der Waals surface area contributed by atoms with Crippen LogP contribution in [0.5, 0.6) is 0 Å². The van der Waals surface area contributed by atoms with Gasteiger partial charge in [0.25, 0.3) is 5.91 Å². The van der Waals surface area contributed by atoms with E-state index in [4.69, 9.17) is 0 Å². The van der Waals surface area contributed by atoms with Gasteiger partial charge < -0.3 is 26.2 Å². The first-order valence-corrected chi connectivity index (χ1v) is 18.1. The normalized spacial score (nSPS) is 25.3. The molecule has 1 unspecified atom stereocenters. The van der Waals surface area contributed by atoms with Crippen LogP contribution in [-0.4, -0.2) is 94.7 Å². The highest BCUT2D eigenvalue weighted by molar-refractivity contribution is 8.14. The molecule has 2 aliphatic heterocycles. The molecule has 0 radical (unpaired) electrons. The molecular weight excluding hydrogens is 661 g/mol. The third-order valence-corrected chi connectivity index (χ3v) is 11.4. The zero-order chi connectivity index (χ0) is 36.4. The van der Waals surface area contributed by atoms with Crippen molar-refractivity contribution >= 4 is 46.3 Å². The first-order chi connectivity index (χ1) is 22.8. The Balaban J connectivity index is 1.54. The Labute approximate surface area is 290 Å². The quantitative estimate of drug-likeness (QED) is 0.167. The van der Waals surface area contributed by atoms with E-state index in [9.17, 15) is 37.1 Å². The molecule has 0 aromatic carbocycles. The Hall–Kier alpha value is -3.10. The molecule has 1 saturated heterocycles. The largest absolute Gasteiger partial charge is 0.389 e. The molecule has 2 saturated carbocycles. The molecule has 0 aromatic heterocycles. The van der Waals surface area contributed by atoms with Gasteiger partial charge in [-0.2, -0.15) is 13.2 Å². The molecule has 4 N–H and O–H groups in total. The van der Waals surface area contributed by atoms with E-state index in [1.54, 1.807) is 32.5 Å². The van der Waals surface area contributed by atoms with Crippen molar-refractivity contribution < 1.29 is 37.1 Å². The van der Waals surface area contributed by atoms with Gasteiger partial charge in [-0.15, -0.1) is 18.3 Å². The molecule has 11 nitrogen and oxygen atoms in total. The summed E-state index contributed by atoms with van der Waals surface area (Å²) in [5.41, 5.74) is -1.61. The predicted molar refractivity (Wildman–Crippen MR) is 182 cm³/mol. The van der Waals surface area contributed by atoms with Crippen LogP contribution in [0.15, 0.2) is 17.6 Å². The molecule has 4 aliphatic rings. The summed E-state index contributed by atoms with van der Waals surface area (Å²) in [7, 11) is 0. The Kier molecular flexibility index (Phi) is 11.9. The zero-order valence-electron chi connectivity index (χ0n) is 29.1. The predicted octanol–water partition coefficient (Wildman–Crippen LogP) is 4.12. The highest BCUT2D eigenvalue weighted by Crippen LogP contribution is 2.65. The van der Waals surface area contributed by atoms with E-state index in [0.717, 1.165) is 49.4 Å². The van der Waals surface area contributed by atoms with Gasteiger partial charge >= 0.3 is 12.2 Å². The lowest BCUT2D eigenvalue weighted by Crippen LogP contribution is -2.63. The number of urea groups is 1. The maximum Gasteiger partial charge on any atom is 0.389 e. The number of carbonyl (C=O) groups is 5. The van der Waals surface area contributed by atoms with Crippen molar-refractivity contribution in [3.05, 3.63) is 12.7 Å². The van der Waals surface area contributed by atoms with Gasteiger partial charge in [0.05, 0.1) is 11.1 Å². The number of carbonyl (C=O) groups excluding carboxylic acids is 5. The number of piperidine rings is 1. The number of Topliss-reactive ketones (excluding diaryl/α,β-unsaturated/α-hetero) is 1. The number of hydrogen-bond donors (Lipinski definition) is 4. The van der Waals surface area contributed by atoms with Crippen LogP contribution in [0.1, 0.15) is 86.0 Å². The molecule has 0 aromatic rings. The third-order valence-electron chi connectivity index (χ3n) is 10.5. The summed E-state index contributed by atoms with van der Waals surface area (Å²) in [4.78, 5) is 73.3. The van der Waals surface area contributed by atoms with Gasteiger partial charge in [0.1, 0.15) is 12.1 Å². The van der Waals surface area contributed by atoms with E-state index >= 15 is 0 Å². The van der Waals surface area contributed by atoms with Crippen LogP contribution in [0.3, 0.4) is 0 Å². The van der Waals surface area contributed by atoms with E-state index in [2.05, 4.69) is 32.8 Å². The lowest BCUT2D eigenvalue weighted by atomic mass is 9.79. The SMILES string of the molecule is C=CCNC(=O)C(=O)C(CCC(F)(F)F)NC(=O)[C@@H]1[C@@H]2[C@H](CN1C(=O)[C@@H](NC(=O)NC1(CC3=NCCS3)CCCCC1)C(C)(C)C)C2(C)C. The number of ketones is 1. The molecular formula is C34H51F3N6O5S. The number of nitrogens with zero attached hydrogens (tertiary/aromatic N) is 2. The highest BCUT2D eigenvalue weighted by atomic mass is 32.2. The van der Waals surface area contributed by atoms with Crippen molar-refractivity contribution in [1.29, 1.82) is 0 Å². The fraction of sp³-hybridized carbons (Fsp3) is 0.765. The Bertz CT molecular complexity index is 1340. The number of alkyl halides is 3. The van der Waals surface area contributed by atoms with Crippen LogP contribution in [0, 0.1) is 22.7 Å². The average Bonchev–Trinajstić information content (AvgIpc) is 3.43. The number of thioether (sulfide) groups is 1. The minimum absolute atomic E-state index is 0.0722. The van der Waals surface area contributed by atoms with Crippen molar-refractivity contribution in [3.63, 3.8) is 0 Å². The molecule has 5 atom stereocenters. The molecule has 2 heterocycles. The summed E-state index contributed by atoms with van der Waals surface area (Å²) >= 11 is 1.70. The van der Waals surface area contributed by atoms with Gasteiger partial charge in [-0.1, -0.05) is 60.0 Å². The highest BCUT2D eigenvalue weighted by Gasteiger charge is 2.70. The number of hydrogen-bond acceptors (Lipinski definition) is 7. The van der Waals surface area contributed by atoms with Gasteiger partial charge in [0, 0.05) is 43.8 Å². The van der Waals surface area contributed by atoms with Crippen molar-refractivity contribution in [1.82, 2.24) is 26.2 Å². The van der Waals surface area contributed by atoms with Crippen molar-refractivity contribution in [3.8, 4) is 0 Å². The van der Waals surface area contributed by atoms with E-state index in [1.807, 2.05) is 13.8 Å². The van der Waals surface area contributed by atoms with Crippen LogP contribution >= 0.6 is 11.8 Å². The molecule has 4 rings (SSSR count). The first kappa shape index (κ1) is 38.7. The first-order valence-electron chi connectivity index (χ1n) is 17.1. The van der Waals surface area contributed by atoms with Gasteiger partial charge in [-0.3, -0.25) is 24.2 Å². The number of likely N-dealkylation sites (tertiary alicyclic amines) is 1. The second-order valence-electron chi connectivity index (χ2n) is 15.5. The second-order valence-corrected chi connectivity index (χ2v) is 16.7. The van der Waals surface area contributed by atoms with Crippen LogP contribution in [-0.2, 0) is 19.2 Å². The van der Waals surface area contributed by atoms with E-state index in [1.165, 1.54) is 11.0 Å². The smallest absolute Gasteiger partial charge is 0.346 e. The number of aliphatic imine (C=N–C) groups is 1. The molecule has 5 amide bonds. The maximum absolute atomic E-state index is 14.4. The van der Waals surface area contributed by atoms with Crippen molar-refractivity contribution in [2.75, 3.05) is 25.4 Å². The van der Waals surface area contributed by atoms with Crippen LogP contribution in [0.25, 0.3) is 0 Å². The molecule has 49 heavy (non-hydrogen) atoms.